The van der Waals surface area contributed by atoms with Crippen LogP contribution in [0.15, 0.2) is 18.2 Å². The Labute approximate surface area is 124 Å². The third kappa shape index (κ3) is 6.95. The average Bonchev–Trinajstić information content (AvgIpc) is 2.34. The van der Waals surface area contributed by atoms with E-state index in [-0.39, 0.29) is 0 Å². The van der Waals surface area contributed by atoms with Crippen LogP contribution in [0.25, 0.3) is 0 Å². The molecular formula is C18H30O2. The Bertz CT molecular complexity index is 383. The van der Waals surface area contributed by atoms with E-state index in [4.69, 9.17) is 9.47 Å². The molecule has 0 saturated heterocycles. The molecular weight excluding hydrogens is 248 g/mol. The van der Waals surface area contributed by atoms with Crippen molar-refractivity contribution in [2.75, 3.05) is 13.2 Å². The van der Waals surface area contributed by atoms with Crippen molar-refractivity contribution in [2.45, 2.75) is 54.1 Å². The summed E-state index contributed by atoms with van der Waals surface area (Å²) in [6, 6.07) is 6.50. The molecule has 0 unspecified atom stereocenters. The molecule has 0 heterocycles. The van der Waals surface area contributed by atoms with Crippen molar-refractivity contribution in [1.82, 2.24) is 0 Å². The molecule has 0 amide bonds. The molecule has 1 aromatic carbocycles. The van der Waals surface area contributed by atoms with E-state index in [9.17, 15) is 0 Å². The van der Waals surface area contributed by atoms with Crippen LogP contribution in [-0.2, 0) is 17.8 Å². The van der Waals surface area contributed by atoms with Crippen LogP contribution < -0.4 is 4.74 Å². The summed E-state index contributed by atoms with van der Waals surface area (Å²) in [4.78, 5) is 0. The van der Waals surface area contributed by atoms with E-state index in [1.807, 2.05) is 6.92 Å². The third-order valence-electron chi connectivity index (χ3n) is 3.09. The minimum Gasteiger partial charge on any atom is -0.494 e. The van der Waals surface area contributed by atoms with Crippen molar-refractivity contribution in [3.63, 3.8) is 0 Å². The zero-order valence-corrected chi connectivity index (χ0v) is 13.7. The van der Waals surface area contributed by atoms with Gasteiger partial charge in [-0.1, -0.05) is 33.8 Å². The Morgan fingerprint density at radius 3 is 2.25 bits per heavy atom. The normalized spacial score (nSPS) is 11.3. The summed E-state index contributed by atoms with van der Waals surface area (Å²) in [6.45, 7) is 13.2. The molecule has 0 N–H and O–H groups in total. The maximum atomic E-state index is 5.77. The quantitative estimate of drug-likeness (QED) is 0.601. The highest BCUT2D eigenvalue weighted by atomic mass is 16.5. The van der Waals surface area contributed by atoms with Gasteiger partial charge in [0.1, 0.15) is 5.75 Å². The molecule has 1 rings (SSSR count). The highest BCUT2D eigenvalue weighted by Gasteiger charge is 2.05. The van der Waals surface area contributed by atoms with Gasteiger partial charge in [-0.3, -0.25) is 0 Å². The largest absolute Gasteiger partial charge is 0.494 e. The summed E-state index contributed by atoms with van der Waals surface area (Å²) in [5.74, 6) is 2.32. The molecule has 0 atom stereocenters. The van der Waals surface area contributed by atoms with Gasteiger partial charge in [0.2, 0.25) is 0 Å². The lowest BCUT2D eigenvalue weighted by atomic mass is 10.0. The minimum absolute atomic E-state index is 0.654. The fraction of sp³-hybridized carbons (Fsp3) is 0.667. The number of rotatable bonds is 9. The van der Waals surface area contributed by atoms with Gasteiger partial charge in [0, 0.05) is 6.61 Å². The molecule has 1 aromatic rings. The van der Waals surface area contributed by atoms with Gasteiger partial charge < -0.3 is 9.47 Å². The second kappa shape index (κ2) is 9.02. The molecule has 2 heteroatoms. The number of ether oxygens (including phenoxy) is 2. The molecule has 20 heavy (non-hydrogen) atoms. The smallest absolute Gasteiger partial charge is 0.119 e. The fourth-order valence-corrected chi connectivity index (χ4v) is 2.16. The first-order valence-electron chi connectivity index (χ1n) is 7.84. The second-order valence-corrected chi connectivity index (χ2v) is 6.25. The molecule has 0 aliphatic carbocycles. The SMILES string of the molecule is CCOc1cc(COCCC(C)C)cc(CC(C)C)c1. The molecule has 0 saturated carbocycles. The summed E-state index contributed by atoms with van der Waals surface area (Å²) in [5.41, 5.74) is 2.56. The number of benzene rings is 1. The first-order chi connectivity index (χ1) is 9.51. The highest BCUT2D eigenvalue weighted by Crippen LogP contribution is 2.20. The van der Waals surface area contributed by atoms with E-state index in [0.29, 0.717) is 25.0 Å². The van der Waals surface area contributed by atoms with Gasteiger partial charge in [-0.15, -0.1) is 0 Å². The summed E-state index contributed by atoms with van der Waals surface area (Å²) in [6.07, 6.45) is 2.20. The van der Waals surface area contributed by atoms with Crippen LogP contribution in [0, 0.1) is 11.8 Å². The topological polar surface area (TPSA) is 18.5 Å². The maximum Gasteiger partial charge on any atom is 0.119 e. The molecule has 0 fully saturated rings. The molecule has 0 aliphatic heterocycles. The monoisotopic (exact) mass is 278 g/mol. The summed E-state index contributed by atoms with van der Waals surface area (Å²) in [5, 5.41) is 0. The highest BCUT2D eigenvalue weighted by molar-refractivity contribution is 5.34. The molecule has 114 valence electrons. The van der Waals surface area contributed by atoms with Gasteiger partial charge in [-0.05, 0) is 54.9 Å². The van der Waals surface area contributed by atoms with Gasteiger partial charge in [-0.25, -0.2) is 0 Å². The van der Waals surface area contributed by atoms with Crippen molar-refractivity contribution >= 4 is 0 Å². The van der Waals surface area contributed by atoms with E-state index in [1.165, 1.54) is 11.1 Å². The van der Waals surface area contributed by atoms with Crippen LogP contribution in [0.4, 0.5) is 0 Å². The summed E-state index contributed by atoms with van der Waals surface area (Å²) < 4.78 is 11.4. The molecule has 0 radical (unpaired) electrons. The third-order valence-corrected chi connectivity index (χ3v) is 3.09. The number of hydrogen-bond acceptors (Lipinski definition) is 2. The zero-order valence-electron chi connectivity index (χ0n) is 13.7. The Morgan fingerprint density at radius 2 is 1.65 bits per heavy atom. The molecule has 2 nitrogen and oxygen atoms in total. The summed E-state index contributed by atoms with van der Waals surface area (Å²) >= 11 is 0. The standard InChI is InChI=1S/C18H30O2/c1-6-20-18-11-16(9-15(4)5)10-17(12-18)13-19-8-7-14(2)3/h10-12,14-15H,6-9,13H2,1-5H3. The van der Waals surface area contributed by atoms with E-state index < -0.39 is 0 Å². The van der Waals surface area contributed by atoms with Crippen LogP contribution in [0.2, 0.25) is 0 Å². The number of hydrogen-bond donors (Lipinski definition) is 0. The predicted molar refractivity (Wildman–Crippen MR) is 85.3 cm³/mol. The van der Waals surface area contributed by atoms with Gasteiger partial charge in [0.05, 0.1) is 13.2 Å². The van der Waals surface area contributed by atoms with Crippen molar-refractivity contribution in [2.24, 2.45) is 11.8 Å². The lowest BCUT2D eigenvalue weighted by Crippen LogP contribution is -2.02. The van der Waals surface area contributed by atoms with E-state index in [2.05, 4.69) is 45.9 Å². The van der Waals surface area contributed by atoms with Crippen molar-refractivity contribution in [3.8, 4) is 5.75 Å². The summed E-state index contributed by atoms with van der Waals surface area (Å²) in [7, 11) is 0. The van der Waals surface area contributed by atoms with Gasteiger partial charge in [0.15, 0.2) is 0 Å². The lowest BCUT2D eigenvalue weighted by molar-refractivity contribution is 0.110. The van der Waals surface area contributed by atoms with Crippen LogP contribution in [-0.4, -0.2) is 13.2 Å². The predicted octanol–water partition coefficient (Wildman–Crippen LogP) is 4.85. The van der Waals surface area contributed by atoms with Crippen molar-refractivity contribution in [3.05, 3.63) is 29.3 Å². The molecule has 0 bridgehead atoms. The Kier molecular flexibility index (Phi) is 7.68. The fourth-order valence-electron chi connectivity index (χ4n) is 2.16. The average molecular weight is 278 g/mol. The molecule has 0 aromatic heterocycles. The van der Waals surface area contributed by atoms with Gasteiger partial charge in [-0.2, -0.15) is 0 Å². The Hall–Kier alpha value is -1.02. The van der Waals surface area contributed by atoms with Crippen LogP contribution >= 0.6 is 0 Å². The van der Waals surface area contributed by atoms with Crippen molar-refractivity contribution < 1.29 is 9.47 Å². The van der Waals surface area contributed by atoms with Gasteiger partial charge >= 0.3 is 0 Å². The van der Waals surface area contributed by atoms with Crippen molar-refractivity contribution in [1.29, 1.82) is 0 Å². The first kappa shape index (κ1) is 17.0. The van der Waals surface area contributed by atoms with E-state index in [1.54, 1.807) is 0 Å². The lowest BCUT2D eigenvalue weighted by Gasteiger charge is -2.12. The van der Waals surface area contributed by atoms with Crippen LogP contribution in [0.1, 0.15) is 52.2 Å². The van der Waals surface area contributed by atoms with Gasteiger partial charge in [0.25, 0.3) is 0 Å². The van der Waals surface area contributed by atoms with Crippen LogP contribution in [0.3, 0.4) is 0 Å². The molecule has 0 aliphatic rings. The maximum absolute atomic E-state index is 5.77. The zero-order chi connectivity index (χ0) is 15.0. The second-order valence-electron chi connectivity index (χ2n) is 6.25. The minimum atomic E-state index is 0.654. The van der Waals surface area contributed by atoms with E-state index in [0.717, 1.165) is 25.2 Å². The molecule has 0 spiro atoms. The first-order valence-corrected chi connectivity index (χ1v) is 7.84. The van der Waals surface area contributed by atoms with E-state index >= 15 is 0 Å². The Morgan fingerprint density at radius 1 is 0.950 bits per heavy atom. The van der Waals surface area contributed by atoms with Crippen LogP contribution in [0.5, 0.6) is 5.75 Å². The Balaban J connectivity index is 2.65.